The van der Waals surface area contributed by atoms with Gasteiger partial charge in [0, 0.05) is 38.1 Å². The van der Waals surface area contributed by atoms with Crippen molar-refractivity contribution in [1.29, 1.82) is 0 Å². The van der Waals surface area contributed by atoms with Crippen LogP contribution in [0, 0.1) is 0 Å². The molecule has 0 unspecified atom stereocenters. The van der Waals surface area contributed by atoms with Crippen LogP contribution in [0.5, 0.6) is 0 Å². The normalized spacial score (nSPS) is 20.6. The van der Waals surface area contributed by atoms with Gasteiger partial charge in [0.05, 0.1) is 16.6 Å². The van der Waals surface area contributed by atoms with E-state index in [2.05, 4.69) is 32.3 Å². The van der Waals surface area contributed by atoms with Crippen LogP contribution >= 0.6 is 11.3 Å². The molecule has 4 nitrogen and oxygen atoms in total. The molecule has 1 aromatic heterocycles. The Bertz CT molecular complexity index is 682. The first-order valence-electron chi connectivity index (χ1n) is 8.72. The van der Waals surface area contributed by atoms with Gasteiger partial charge in [-0.05, 0) is 24.8 Å². The molecule has 0 bridgehead atoms. The molecule has 2 fully saturated rings. The summed E-state index contributed by atoms with van der Waals surface area (Å²) in [6.45, 7) is 4.58. The average molecular weight is 341 g/mol. The van der Waals surface area contributed by atoms with Crippen LogP contribution in [-0.4, -0.2) is 46.9 Å². The number of amides is 1. The minimum absolute atomic E-state index is 0.231. The molecule has 0 N–H and O–H groups in total. The van der Waals surface area contributed by atoms with E-state index in [0.717, 1.165) is 57.7 Å². The monoisotopic (exact) mass is 341 g/mol. The lowest BCUT2D eigenvalue weighted by Gasteiger charge is -2.26. The third-order valence-electron chi connectivity index (χ3n) is 5.23. The summed E-state index contributed by atoms with van der Waals surface area (Å²) in [5, 5.41) is 2.11. The van der Waals surface area contributed by atoms with Crippen LogP contribution < -0.4 is 0 Å². The summed E-state index contributed by atoms with van der Waals surface area (Å²) in [5.74, 6) is 0.337. The highest BCUT2D eigenvalue weighted by Gasteiger charge is 2.52. The number of hydrogen-bond donors (Lipinski definition) is 0. The zero-order chi connectivity index (χ0) is 16.4. The largest absolute Gasteiger partial charge is 0.341 e. The van der Waals surface area contributed by atoms with Gasteiger partial charge in [0.2, 0.25) is 5.91 Å². The first-order valence-corrected chi connectivity index (χ1v) is 9.66. The van der Waals surface area contributed by atoms with E-state index in [9.17, 15) is 4.79 Å². The lowest BCUT2D eigenvalue weighted by Crippen LogP contribution is -2.41. The highest BCUT2D eigenvalue weighted by atomic mass is 32.1. The van der Waals surface area contributed by atoms with Crippen molar-refractivity contribution in [3.8, 4) is 0 Å². The zero-order valence-corrected chi connectivity index (χ0v) is 14.7. The molecule has 2 aromatic rings. The van der Waals surface area contributed by atoms with Crippen molar-refractivity contribution < 1.29 is 4.79 Å². The third kappa shape index (κ3) is 3.10. The van der Waals surface area contributed by atoms with E-state index in [1.807, 2.05) is 23.7 Å². The number of rotatable bonds is 4. The summed E-state index contributed by atoms with van der Waals surface area (Å²) in [6, 6.07) is 10.3. The van der Waals surface area contributed by atoms with Gasteiger partial charge in [-0.1, -0.05) is 30.3 Å². The fraction of sp³-hybridized carbons (Fsp3) is 0.474. The Labute approximate surface area is 147 Å². The Morgan fingerprint density at radius 1 is 1.12 bits per heavy atom. The fourth-order valence-electron chi connectivity index (χ4n) is 3.69. The van der Waals surface area contributed by atoms with Crippen molar-refractivity contribution in [3.05, 3.63) is 52.5 Å². The molecule has 1 saturated carbocycles. The van der Waals surface area contributed by atoms with Gasteiger partial charge in [-0.25, -0.2) is 4.98 Å². The smallest absolute Gasteiger partial charge is 0.233 e. The van der Waals surface area contributed by atoms with Gasteiger partial charge < -0.3 is 4.90 Å². The first-order chi connectivity index (χ1) is 11.8. The molecule has 1 saturated heterocycles. The second kappa shape index (κ2) is 6.65. The van der Waals surface area contributed by atoms with E-state index in [-0.39, 0.29) is 5.41 Å². The number of thiazole rings is 1. The van der Waals surface area contributed by atoms with E-state index in [1.54, 1.807) is 11.3 Å². The molecule has 1 aliphatic carbocycles. The van der Waals surface area contributed by atoms with Crippen LogP contribution in [0.4, 0.5) is 0 Å². The number of carbonyl (C=O) groups is 1. The standard InChI is InChI=1S/C19H23N3OS/c23-18(19(7-8-19)16-5-2-1-3-6-16)22-10-4-9-21(11-12-22)13-17-14-24-15-20-17/h1-3,5-6,14-15H,4,7-13H2. The number of aromatic nitrogens is 1. The predicted octanol–water partition coefficient (Wildman–Crippen LogP) is 2.91. The lowest BCUT2D eigenvalue weighted by atomic mass is 9.94. The highest BCUT2D eigenvalue weighted by Crippen LogP contribution is 2.49. The second-order valence-electron chi connectivity index (χ2n) is 6.85. The Balaban J connectivity index is 1.41. The molecular weight excluding hydrogens is 318 g/mol. The van der Waals surface area contributed by atoms with Gasteiger partial charge in [-0.2, -0.15) is 0 Å². The summed E-state index contributed by atoms with van der Waals surface area (Å²) in [4.78, 5) is 22.1. The first kappa shape index (κ1) is 15.8. The molecule has 0 spiro atoms. The van der Waals surface area contributed by atoms with Crippen LogP contribution in [0.1, 0.15) is 30.5 Å². The number of hydrogen-bond acceptors (Lipinski definition) is 4. The molecule has 0 radical (unpaired) electrons. The van der Waals surface area contributed by atoms with E-state index in [1.165, 1.54) is 5.56 Å². The maximum Gasteiger partial charge on any atom is 0.233 e. The molecule has 24 heavy (non-hydrogen) atoms. The van der Waals surface area contributed by atoms with Crippen LogP contribution in [0.25, 0.3) is 0 Å². The van der Waals surface area contributed by atoms with Gasteiger partial charge >= 0.3 is 0 Å². The Kier molecular flexibility index (Phi) is 4.37. The Morgan fingerprint density at radius 2 is 1.96 bits per heavy atom. The van der Waals surface area contributed by atoms with Crippen molar-refractivity contribution in [2.24, 2.45) is 0 Å². The maximum absolute atomic E-state index is 13.2. The van der Waals surface area contributed by atoms with E-state index in [0.29, 0.717) is 5.91 Å². The molecule has 1 amide bonds. The third-order valence-corrected chi connectivity index (χ3v) is 5.87. The maximum atomic E-state index is 13.2. The van der Waals surface area contributed by atoms with Crippen molar-refractivity contribution in [2.75, 3.05) is 26.2 Å². The summed E-state index contributed by atoms with van der Waals surface area (Å²) in [7, 11) is 0. The quantitative estimate of drug-likeness (QED) is 0.858. The summed E-state index contributed by atoms with van der Waals surface area (Å²) in [6.07, 6.45) is 3.03. The summed E-state index contributed by atoms with van der Waals surface area (Å²) < 4.78 is 0. The molecule has 0 atom stereocenters. The minimum Gasteiger partial charge on any atom is -0.341 e. The summed E-state index contributed by atoms with van der Waals surface area (Å²) in [5.41, 5.74) is 3.99. The van der Waals surface area contributed by atoms with Gasteiger partial charge in [0.15, 0.2) is 0 Å². The number of benzene rings is 1. The lowest BCUT2D eigenvalue weighted by molar-refractivity contribution is -0.133. The number of carbonyl (C=O) groups excluding carboxylic acids is 1. The highest BCUT2D eigenvalue weighted by molar-refractivity contribution is 7.07. The predicted molar refractivity (Wildman–Crippen MR) is 95.9 cm³/mol. The van der Waals surface area contributed by atoms with Crippen molar-refractivity contribution in [3.63, 3.8) is 0 Å². The molecule has 5 heteroatoms. The molecule has 4 rings (SSSR count). The van der Waals surface area contributed by atoms with Crippen LogP contribution in [0.2, 0.25) is 0 Å². The van der Waals surface area contributed by atoms with Gasteiger partial charge in [0.25, 0.3) is 0 Å². The Morgan fingerprint density at radius 3 is 2.67 bits per heavy atom. The zero-order valence-electron chi connectivity index (χ0n) is 13.9. The van der Waals surface area contributed by atoms with Crippen molar-refractivity contribution >= 4 is 17.2 Å². The Hall–Kier alpha value is -1.72. The van der Waals surface area contributed by atoms with Crippen LogP contribution in [-0.2, 0) is 16.8 Å². The van der Waals surface area contributed by atoms with E-state index in [4.69, 9.17) is 0 Å². The molecule has 2 aliphatic rings. The topological polar surface area (TPSA) is 36.4 Å². The molecular formula is C19H23N3OS. The molecule has 126 valence electrons. The fourth-order valence-corrected chi connectivity index (χ4v) is 4.24. The van der Waals surface area contributed by atoms with E-state index >= 15 is 0 Å². The molecule has 1 aromatic carbocycles. The van der Waals surface area contributed by atoms with E-state index < -0.39 is 0 Å². The van der Waals surface area contributed by atoms with Crippen molar-refractivity contribution in [2.45, 2.75) is 31.2 Å². The van der Waals surface area contributed by atoms with Crippen LogP contribution in [0.15, 0.2) is 41.2 Å². The average Bonchev–Trinajstić information content (AvgIpc) is 3.33. The minimum atomic E-state index is -0.231. The van der Waals surface area contributed by atoms with Gasteiger partial charge in [-0.15, -0.1) is 11.3 Å². The molecule has 1 aliphatic heterocycles. The second-order valence-corrected chi connectivity index (χ2v) is 7.57. The van der Waals surface area contributed by atoms with Crippen LogP contribution in [0.3, 0.4) is 0 Å². The number of nitrogens with zero attached hydrogens (tertiary/aromatic N) is 3. The summed E-state index contributed by atoms with van der Waals surface area (Å²) >= 11 is 1.65. The van der Waals surface area contributed by atoms with Crippen molar-refractivity contribution in [1.82, 2.24) is 14.8 Å². The van der Waals surface area contributed by atoms with Gasteiger partial charge in [-0.3, -0.25) is 9.69 Å². The SMILES string of the molecule is O=C(N1CCCN(Cc2cscn2)CC1)C1(c2ccccc2)CC1. The van der Waals surface area contributed by atoms with Gasteiger partial charge in [0.1, 0.15) is 0 Å². The molecule has 2 heterocycles.